The smallest absolute Gasteiger partial charge is 0.380 e. The topological polar surface area (TPSA) is 72.5 Å². The highest BCUT2D eigenvalue weighted by molar-refractivity contribution is 7.98. The van der Waals surface area contributed by atoms with E-state index >= 15 is 0 Å². The van der Waals surface area contributed by atoms with Gasteiger partial charge in [0.2, 0.25) is 0 Å². The van der Waals surface area contributed by atoms with Gasteiger partial charge in [0.25, 0.3) is 0 Å². The Balaban J connectivity index is 0. The first-order valence-corrected chi connectivity index (χ1v) is 6.67. The minimum Gasteiger partial charge on any atom is -0.380 e. The van der Waals surface area contributed by atoms with Crippen LogP contribution in [0.2, 0.25) is 0 Å². The van der Waals surface area contributed by atoms with Crippen LogP contribution in [0.15, 0.2) is 0 Å². The molecule has 0 saturated heterocycles. The Morgan fingerprint density at radius 1 is 0.833 bits per heavy atom. The van der Waals surface area contributed by atoms with Crippen LogP contribution in [0.4, 0.5) is 39.5 Å². The van der Waals surface area contributed by atoms with Gasteiger partial charge in [-0.15, -0.1) is 0 Å². The summed E-state index contributed by atoms with van der Waals surface area (Å²) in [6.07, 6.45) is -14.3. The van der Waals surface area contributed by atoms with E-state index in [1.54, 1.807) is 11.6 Å². The zero-order valence-corrected chi connectivity index (χ0v) is 12.2. The highest BCUT2D eigenvalue weighted by Crippen LogP contribution is 2.21. The minimum atomic E-state index is -5.62. The maximum Gasteiger partial charge on any atom is 0.491 e. The average molecular weight is 397 g/mol. The number of alkyl halides is 9. The van der Waals surface area contributed by atoms with Crippen LogP contribution in [0, 0.1) is 0 Å². The molecule has 0 aliphatic rings. The molecular weight excluding hydrogens is 389 g/mol. The Bertz CT molecular complexity index is 420. The second kappa shape index (κ2) is 9.58. The summed E-state index contributed by atoms with van der Waals surface area (Å²) in [6.45, 7) is 0.0551. The van der Waals surface area contributed by atoms with E-state index < -0.39 is 36.4 Å². The highest BCUT2D eigenvalue weighted by atomic mass is 32.2. The Morgan fingerprint density at radius 3 is 1.46 bits per heavy atom. The number of hydrogen-bond acceptors (Lipinski definition) is 5. The van der Waals surface area contributed by atoms with Crippen LogP contribution in [-0.2, 0) is 19.1 Å². The SMILES string of the molecule is CSCCNC(=O)C(F)(F)F.O=C(OC(=O)C(F)(F)F)C(F)(F)F. The molecule has 0 bridgehead atoms. The van der Waals surface area contributed by atoms with Crippen molar-refractivity contribution in [2.24, 2.45) is 0 Å². The van der Waals surface area contributed by atoms with Gasteiger partial charge in [-0.2, -0.15) is 51.3 Å². The van der Waals surface area contributed by atoms with Gasteiger partial charge in [0.1, 0.15) is 0 Å². The molecule has 0 aromatic heterocycles. The number of halogens is 9. The molecule has 0 aliphatic carbocycles. The number of nitrogens with one attached hydrogen (secondary N) is 1. The van der Waals surface area contributed by atoms with Crippen molar-refractivity contribution in [1.82, 2.24) is 5.32 Å². The van der Waals surface area contributed by atoms with Crippen LogP contribution in [-0.4, -0.2) is 54.9 Å². The predicted octanol–water partition coefficient (Wildman–Crippen LogP) is 2.21. The van der Waals surface area contributed by atoms with Crippen LogP contribution in [0.5, 0.6) is 0 Å². The number of rotatable bonds is 3. The number of carbonyl (C=O) groups excluding carboxylic acids is 3. The van der Waals surface area contributed by atoms with Crippen molar-refractivity contribution in [1.29, 1.82) is 0 Å². The Kier molecular flexibility index (Phi) is 9.82. The molecule has 142 valence electrons. The lowest BCUT2D eigenvalue weighted by molar-refractivity contribution is -0.221. The first-order valence-electron chi connectivity index (χ1n) is 5.27. The molecule has 0 aromatic rings. The standard InChI is InChI=1S/C5H8F3NOS.C4F6O3/c1-11-3-2-9-4(10)5(6,7)8;5-3(6,7)1(11)13-2(12)4(8,9)10/h2-3H2,1H3,(H,9,10);. The minimum absolute atomic E-state index is 0.0551. The van der Waals surface area contributed by atoms with Crippen LogP contribution >= 0.6 is 11.8 Å². The number of amides is 1. The van der Waals surface area contributed by atoms with Crippen LogP contribution in [0.1, 0.15) is 0 Å². The van der Waals surface area contributed by atoms with Crippen LogP contribution < -0.4 is 5.32 Å². The van der Waals surface area contributed by atoms with Gasteiger partial charge >= 0.3 is 36.4 Å². The molecule has 1 amide bonds. The normalized spacial score (nSPS) is 11.9. The van der Waals surface area contributed by atoms with Gasteiger partial charge in [0.15, 0.2) is 0 Å². The third-order valence-corrected chi connectivity index (χ3v) is 2.11. The van der Waals surface area contributed by atoms with Crippen molar-refractivity contribution in [2.45, 2.75) is 18.5 Å². The van der Waals surface area contributed by atoms with Crippen molar-refractivity contribution in [3.05, 3.63) is 0 Å². The van der Waals surface area contributed by atoms with E-state index in [0.717, 1.165) is 0 Å². The number of hydrogen-bond donors (Lipinski definition) is 1. The van der Waals surface area contributed by atoms with Gasteiger partial charge in [-0.1, -0.05) is 0 Å². The summed E-state index contributed by atoms with van der Waals surface area (Å²) in [6, 6.07) is 0. The molecule has 0 aliphatic heterocycles. The fourth-order valence-electron chi connectivity index (χ4n) is 0.567. The lowest BCUT2D eigenvalue weighted by atomic mass is 10.5. The summed E-state index contributed by atoms with van der Waals surface area (Å²) in [5.41, 5.74) is 0. The molecular formula is C9H8F9NO4S. The third-order valence-electron chi connectivity index (χ3n) is 1.50. The van der Waals surface area contributed by atoms with Crippen molar-refractivity contribution in [3.63, 3.8) is 0 Å². The predicted molar refractivity (Wildman–Crippen MR) is 60.7 cm³/mol. The van der Waals surface area contributed by atoms with Crippen molar-refractivity contribution in [2.75, 3.05) is 18.6 Å². The lowest BCUT2D eigenvalue weighted by Crippen LogP contribution is -2.37. The molecule has 0 spiro atoms. The van der Waals surface area contributed by atoms with E-state index in [9.17, 15) is 53.9 Å². The van der Waals surface area contributed by atoms with Crippen LogP contribution in [0.3, 0.4) is 0 Å². The molecule has 0 fully saturated rings. The summed E-state index contributed by atoms with van der Waals surface area (Å²) in [7, 11) is 0. The maximum absolute atomic E-state index is 11.5. The summed E-state index contributed by atoms with van der Waals surface area (Å²) >= 11 is 1.37. The third kappa shape index (κ3) is 11.8. The summed E-state index contributed by atoms with van der Waals surface area (Å²) in [5.74, 6) is -7.78. The largest absolute Gasteiger partial charge is 0.491 e. The molecule has 1 N–H and O–H groups in total. The quantitative estimate of drug-likeness (QED) is 0.342. The second-order valence-corrected chi connectivity index (χ2v) is 4.40. The maximum atomic E-state index is 11.5. The molecule has 0 atom stereocenters. The van der Waals surface area contributed by atoms with E-state index in [4.69, 9.17) is 0 Å². The molecule has 5 nitrogen and oxygen atoms in total. The summed E-state index contributed by atoms with van der Waals surface area (Å²) in [4.78, 5) is 29.4. The first-order chi connectivity index (χ1) is 10.5. The summed E-state index contributed by atoms with van der Waals surface area (Å²) in [5, 5.41) is 1.74. The number of esters is 2. The lowest BCUT2D eigenvalue weighted by Gasteiger charge is -2.06. The number of carbonyl (C=O) groups is 3. The van der Waals surface area contributed by atoms with Gasteiger partial charge in [0.05, 0.1) is 0 Å². The van der Waals surface area contributed by atoms with Gasteiger partial charge in [-0.3, -0.25) is 4.79 Å². The van der Waals surface area contributed by atoms with E-state index in [1.165, 1.54) is 11.8 Å². The molecule has 0 rings (SSSR count). The van der Waals surface area contributed by atoms with Gasteiger partial charge in [0, 0.05) is 12.3 Å². The zero-order chi connectivity index (χ0) is 19.8. The van der Waals surface area contributed by atoms with E-state index in [-0.39, 0.29) is 6.54 Å². The monoisotopic (exact) mass is 397 g/mol. The molecule has 24 heavy (non-hydrogen) atoms. The molecule has 15 heteroatoms. The van der Waals surface area contributed by atoms with Crippen molar-refractivity contribution < 1.29 is 58.6 Å². The average Bonchev–Trinajstić information content (AvgIpc) is 2.36. The van der Waals surface area contributed by atoms with Gasteiger partial charge < -0.3 is 10.1 Å². The van der Waals surface area contributed by atoms with E-state index in [0.29, 0.717) is 5.75 Å². The highest BCUT2D eigenvalue weighted by Gasteiger charge is 2.49. The van der Waals surface area contributed by atoms with Gasteiger partial charge in [-0.05, 0) is 6.26 Å². The first kappa shape index (κ1) is 24.6. The van der Waals surface area contributed by atoms with Gasteiger partial charge in [-0.25, -0.2) is 9.59 Å². The fraction of sp³-hybridized carbons (Fsp3) is 0.667. The molecule has 0 heterocycles. The number of ether oxygens (including phenoxy) is 1. The second-order valence-electron chi connectivity index (χ2n) is 3.42. The van der Waals surface area contributed by atoms with Crippen molar-refractivity contribution in [3.8, 4) is 0 Å². The van der Waals surface area contributed by atoms with Crippen LogP contribution in [0.25, 0.3) is 0 Å². The summed E-state index contributed by atoms with van der Waals surface area (Å²) < 4.78 is 104. The fourth-order valence-corrected chi connectivity index (χ4v) is 0.873. The molecule has 0 radical (unpaired) electrons. The Morgan fingerprint density at radius 2 is 1.21 bits per heavy atom. The Labute approximate surface area is 131 Å². The molecule has 0 saturated carbocycles. The van der Waals surface area contributed by atoms with Crippen molar-refractivity contribution >= 4 is 29.6 Å². The number of thioether (sulfide) groups is 1. The van der Waals surface area contributed by atoms with E-state index in [1.807, 2.05) is 0 Å². The Hall–Kier alpha value is -1.67. The van der Waals surface area contributed by atoms with E-state index in [2.05, 4.69) is 4.74 Å². The molecule has 0 unspecified atom stereocenters. The zero-order valence-electron chi connectivity index (χ0n) is 11.4. The molecule has 0 aromatic carbocycles.